The maximum Gasteiger partial charge on any atom is 0.129 e. The molecule has 1 unspecified atom stereocenters. The lowest BCUT2D eigenvalue weighted by atomic mass is 9.97. The van der Waals surface area contributed by atoms with Gasteiger partial charge in [-0.05, 0) is 105 Å². The highest BCUT2D eigenvalue weighted by Crippen LogP contribution is 2.48. The topological polar surface area (TPSA) is 74.5 Å². The van der Waals surface area contributed by atoms with E-state index in [0.717, 1.165) is 67.8 Å². The fraction of sp³-hybridized carbons (Fsp3) is 0.686. The molecule has 1 aliphatic heterocycles. The van der Waals surface area contributed by atoms with Crippen LogP contribution < -0.4 is 4.90 Å². The predicted octanol–water partition coefficient (Wildman–Crippen LogP) is 8.32. The molecule has 0 radical (unpaired) electrons. The van der Waals surface area contributed by atoms with Gasteiger partial charge in [-0.2, -0.15) is 0 Å². The molecule has 1 fully saturated rings. The van der Waals surface area contributed by atoms with E-state index in [1.807, 2.05) is 39.3 Å². The molecule has 1 heterocycles. The Morgan fingerprint density at radius 1 is 1.21 bits per heavy atom. The zero-order chi connectivity index (χ0) is 32.3. The van der Waals surface area contributed by atoms with E-state index in [1.165, 1.54) is 6.42 Å². The van der Waals surface area contributed by atoms with Crippen LogP contribution in [0.1, 0.15) is 86.1 Å². The SMILES string of the molecule is C=C(/C(C=NCC)=C/C)c1cc(O)ccc1N(C)C1CCCCO1.CC(C)(C)S(C)(C)C.CC(C)CCOCCCO. The van der Waals surface area contributed by atoms with Crippen LogP contribution in [0, 0.1) is 5.92 Å². The number of anilines is 1. The summed E-state index contributed by atoms with van der Waals surface area (Å²) in [7, 11) is 1.70. The number of aliphatic hydroxyl groups is 1. The number of allylic oxidation sites excluding steroid dienone is 3. The zero-order valence-corrected chi connectivity index (χ0v) is 29.6. The van der Waals surface area contributed by atoms with Crippen LogP contribution in [0.5, 0.6) is 5.75 Å². The molecular formula is C35H64N2O4S. The van der Waals surface area contributed by atoms with Crippen molar-refractivity contribution in [3.8, 4) is 5.75 Å². The largest absolute Gasteiger partial charge is 0.508 e. The summed E-state index contributed by atoms with van der Waals surface area (Å²) in [6.45, 7) is 22.8. The summed E-state index contributed by atoms with van der Waals surface area (Å²) in [5.41, 5.74) is 3.72. The number of aliphatic imine (C=N–C) groups is 1. The molecule has 1 atom stereocenters. The summed E-state index contributed by atoms with van der Waals surface area (Å²) in [4.78, 5) is 6.46. The number of ether oxygens (including phenoxy) is 2. The second-order valence-electron chi connectivity index (χ2n) is 12.8. The molecule has 7 heteroatoms. The number of phenolic OH excluding ortho intramolecular Hbond substituents is 1. The molecule has 1 aliphatic rings. The van der Waals surface area contributed by atoms with Crippen LogP contribution in [0.25, 0.3) is 5.57 Å². The highest BCUT2D eigenvalue weighted by atomic mass is 32.3. The van der Waals surface area contributed by atoms with Gasteiger partial charge in [-0.3, -0.25) is 4.99 Å². The first-order valence-electron chi connectivity index (χ1n) is 15.5. The van der Waals surface area contributed by atoms with E-state index in [2.05, 4.69) is 69.9 Å². The van der Waals surface area contributed by atoms with Gasteiger partial charge in [-0.1, -0.05) is 47.3 Å². The van der Waals surface area contributed by atoms with Gasteiger partial charge in [0.25, 0.3) is 0 Å². The molecule has 0 aliphatic carbocycles. The third kappa shape index (κ3) is 16.2. The van der Waals surface area contributed by atoms with Crippen molar-refractivity contribution in [2.75, 3.05) is 63.7 Å². The molecule has 0 amide bonds. The predicted molar refractivity (Wildman–Crippen MR) is 189 cm³/mol. The molecule has 0 aromatic heterocycles. The summed E-state index contributed by atoms with van der Waals surface area (Å²) in [6.07, 6.45) is 16.1. The third-order valence-electron chi connectivity index (χ3n) is 7.47. The molecular weight excluding hydrogens is 544 g/mol. The second kappa shape index (κ2) is 21.0. The Morgan fingerprint density at radius 2 is 1.86 bits per heavy atom. The van der Waals surface area contributed by atoms with Crippen LogP contribution in [-0.2, 0) is 9.47 Å². The van der Waals surface area contributed by atoms with Crippen molar-refractivity contribution in [3.63, 3.8) is 0 Å². The number of hydrogen-bond donors (Lipinski definition) is 2. The van der Waals surface area contributed by atoms with Gasteiger partial charge in [0.2, 0.25) is 0 Å². The minimum absolute atomic E-state index is 0.0632. The van der Waals surface area contributed by atoms with E-state index in [9.17, 15) is 5.11 Å². The standard InChI is InChI=1S/C20H28N2O2.C8H18O2.C7H18S/c1-5-16(14-21-6-2)15(3)18-13-17(23)10-11-19(18)22(4)20-9-7-8-12-24-20;1-8(2)4-7-10-6-3-5-9;1-7(2,3)8(4,5)6/h5,10-11,13-14,20,23H,3,6-9,12H2,1-2,4H3;8-9H,3-7H2,1-2H3;1-6H3/b16-5+,21-14?;;. The number of rotatable bonds is 12. The molecule has 0 saturated carbocycles. The van der Waals surface area contributed by atoms with E-state index < -0.39 is 0 Å². The highest BCUT2D eigenvalue weighted by molar-refractivity contribution is 8.33. The number of hydrogen-bond acceptors (Lipinski definition) is 6. The molecule has 1 aromatic rings. The van der Waals surface area contributed by atoms with Gasteiger partial charge < -0.3 is 24.6 Å². The summed E-state index contributed by atoms with van der Waals surface area (Å²) in [6, 6.07) is 5.40. The van der Waals surface area contributed by atoms with Crippen molar-refractivity contribution in [1.29, 1.82) is 0 Å². The van der Waals surface area contributed by atoms with Crippen LogP contribution in [0.3, 0.4) is 0 Å². The number of aromatic hydroxyl groups is 1. The van der Waals surface area contributed by atoms with Gasteiger partial charge in [0.15, 0.2) is 0 Å². The number of nitrogens with zero attached hydrogens (tertiary/aromatic N) is 2. The fourth-order valence-electron chi connectivity index (χ4n) is 3.52. The van der Waals surface area contributed by atoms with Gasteiger partial charge in [-0.25, -0.2) is 10.0 Å². The lowest BCUT2D eigenvalue weighted by molar-refractivity contribution is 0.0173. The average Bonchev–Trinajstić information content (AvgIpc) is 2.93. The Morgan fingerprint density at radius 3 is 2.33 bits per heavy atom. The van der Waals surface area contributed by atoms with Gasteiger partial charge >= 0.3 is 0 Å². The lowest BCUT2D eigenvalue weighted by Crippen LogP contribution is -2.37. The van der Waals surface area contributed by atoms with Gasteiger partial charge in [-0.15, -0.1) is 0 Å². The zero-order valence-electron chi connectivity index (χ0n) is 28.8. The minimum Gasteiger partial charge on any atom is -0.508 e. The van der Waals surface area contributed by atoms with Crippen molar-refractivity contribution in [2.24, 2.45) is 10.9 Å². The first-order chi connectivity index (χ1) is 19.6. The van der Waals surface area contributed by atoms with E-state index in [1.54, 1.807) is 12.1 Å². The first-order valence-corrected chi connectivity index (χ1v) is 18.4. The molecule has 6 nitrogen and oxygen atoms in total. The molecule has 0 spiro atoms. The van der Waals surface area contributed by atoms with E-state index >= 15 is 0 Å². The molecule has 2 rings (SSSR count). The minimum atomic E-state index is -0.340. The Hall–Kier alpha value is -1.80. The van der Waals surface area contributed by atoms with E-state index in [-0.39, 0.29) is 28.6 Å². The molecule has 1 aromatic carbocycles. The monoisotopic (exact) mass is 608 g/mol. The van der Waals surface area contributed by atoms with Crippen molar-refractivity contribution < 1.29 is 19.7 Å². The van der Waals surface area contributed by atoms with Gasteiger partial charge in [0, 0.05) is 57.5 Å². The second-order valence-corrected chi connectivity index (χ2v) is 17.7. The van der Waals surface area contributed by atoms with Crippen LogP contribution >= 0.6 is 10.0 Å². The smallest absolute Gasteiger partial charge is 0.129 e. The van der Waals surface area contributed by atoms with Gasteiger partial charge in [0.1, 0.15) is 12.0 Å². The van der Waals surface area contributed by atoms with Crippen LogP contribution in [0.15, 0.2) is 41.4 Å². The van der Waals surface area contributed by atoms with Crippen LogP contribution in [0.4, 0.5) is 5.69 Å². The number of benzene rings is 1. The summed E-state index contributed by atoms with van der Waals surface area (Å²) >= 11 is 0. The Bertz CT molecular complexity index is 927. The molecule has 1 saturated heterocycles. The van der Waals surface area contributed by atoms with Crippen molar-refractivity contribution in [1.82, 2.24) is 0 Å². The van der Waals surface area contributed by atoms with Crippen LogP contribution in [0.2, 0.25) is 0 Å². The normalized spacial score (nSPS) is 16.4. The molecule has 2 N–H and O–H groups in total. The molecule has 0 bridgehead atoms. The fourth-order valence-corrected chi connectivity index (χ4v) is 3.52. The highest BCUT2D eigenvalue weighted by Gasteiger charge is 2.23. The van der Waals surface area contributed by atoms with E-state index in [0.29, 0.717) is 17.3 Å². The maximum atomic E-state index is 9.97. The maximum absolute atomic E-state index is 9.97. The summed E-state index contributed by atoms with van der Waals surface area (Å²) < 4.78 is 11.6. The van der Waals surface area contributed by atoms with Crippen molar-refractivity contribution in [3.05, 3.63) is 42.0 Å². The number of phenols is 1. The van der Waals surface area contributed by atoms with Crippen LogP contribution in [-0.4, -0.2) is 86.2 Å². The number of aliphatic hydroxyl groups excluding tert-OH is 1. The Labute approximate surface area is 260 Å². The first kappa shape index (κ1) is 40.2. The Balaban J connectivity index is 0.000000769. The van der Waals surface area contributed by atoms with Crippen molar-refractivity contribution >= 4 is 27.5 Å². The third-order valence-corrected chi connectivity index (χ3v) is 11.1. The summed E-state index contributed by atoms with van der Waals surface area (Å²) in [5.74, 6) is 0.949. The average molecular weight is 609 g/mol. The Kier molecular flexibility index (Phi) is 20.1. The van der Waals surface area contributed by atoms with E-state index in [4.69, 9.17) is 14.6 Å². The van der Waals surface area contributed by atoms with Gasteiger partial charge in [0.05, 0.1) is 0 Å². The quantitative estimate of drug-likeness (QED) is 0.142. The molecule has 42 heavy (non-hydrogen) atoms. The summed E-state index contributed by atoms with van der Waals surface area (Å²) in [5, 5.41) is 18.4. The molecule has 244 valence electrons. The lowest BCUT2D eigenvalue weighted by Gasteiger charge is -2.40. The van der Waals surface area contributed by atoms with Crippen molar-refractivity contribution in [2.45, 2.75) is 91.5 Å².